The van der Waals surface area contributed by atoms with Crippen LogP contribution in [0.3, 0.4) is 0 Å². The lowest BCUT2D eigenvalue weighted by Crippen LogP contribution is -2.33. The highest BCUT2D eigenvalue weighted by atomic mass is 16.2. The first-order valence-electron chi connectivity index (χ1n) is 7.20. The number of amides is 1. The van der Waals surface area contributed by atoms with Crippen LogP contribution in [0.15, 0.2) is 18.2 Å². The van der Waals surface area contributed by atoms with Crippen LogP contribution >= 0.6 is 0 Å². The van der Waals surface area contributed by atoms with Gasteiger partial charge in [-0.3, -0.25) is 4.79 Å². The summed E-state index contributed by atoms with van der Waals surface area (Å²) in [5.41, 5.74) is 2.89. The first-order chi connectivity index (χ1) is 9.45. The van der Waals surface area contributed by atoms with Crippen LogP contribution in [-0.4, -0.2) is 56.5 Å². The normalized spacial score (nSPS) is 10.7. The van der Waals surface area contributed by atoms with Crippen LogP contribution < -0.4 is 5.32 Å². The fourth-order valence-electron chi connectivity index (χ4n) is 1.94. The summed E-state index contributed by atoms with van der Waals surface area (Å²) in [6.07, 6.45) is 1.09. The molecule has 0 unspecified atom stereocenters. The Morgan fingerprint density at radius 1 is 1.20 bits per heavy atom. The van der Waals surface area contributed by atoms with Gasteiger partial charge in [0.25, 0.3) is 5.91 Å². The third kappa shape index (κ3) is 4.85. The van der Waals surface area contributed by atoms with Gasteiger partial charge in [-0.1, -0.05) is 6.92 Å². The Labute approximate surface area is 122 Å². The third-order valence-electron chi connectivity index (χ3n) is 3.27. The molecule has 0 aliphatic heterocycles. The van der Waals surface area contributed by atoms with E-state index in [1.54, 1.807) is 4.90 Å². The molecule has 1 aromatic carbocycles. The van der Waals surface area contributed by atoms with Gasteiger partial charge in [0.1, 0.15) is 0 Å². The van der Waals surface area contributed by atoms with Crippen molar-refractivity contribution in [3.05, 3.63) is 29.3 Å². The van der Waals surface area contributed by atoms with Crippen LogP contribution in [0.2, 0.25) is 0 Å². The molecule has 0 heterocycles. The van der Waals surface area contributed by atoms with Gasteiger partial charge in [-0.25, -0.2) is 0 Å². The summed E-state index contributed by atoms with van der Waals surface area (Å²) >= 11 is 0. The van der Waals surface area contributed by atoms with Crippen molar-refractivity contribution in [2.45, 2.75) is 20.3 Å². The minimum Gasteiger partial charge on any atom is -0.385 e. The number of nitrogens with one attached hydrogen (secondary N) is 1. The van der Waals surface area contributed by atoms with Gasteiger partial charge in [-0.05, 0) is 51.2 Å². The Kier molecular flexibility index (Phi) is 6.52. The van der Waals surface area contributed by atoms with Crippen LogP contribution in [0.4, 0.5) is 5.69 Å². The van der Waals surface area contributed by atoms with Crippen LogP contribution in [0, 0.1) is 6.92 Å². The van der Waals surface area contributed by atoms with Crippen molar-refractivity contribution in [2.24, 2.45) is 0 Å². The molecule has 112 valence electrons. The zero-order chi connectivity index (χ0) is 15.1. The molecule has 0 atom stereocenters. The van der Waals surface area contributed by atoms with E-state index in [1.165, 1.54) is 0 Å². The van der Waals surface area contributed by atoms with Crippen molar-refractivity contribution in [1.82, 2.24) is 9.80 Å². The molecule has 0 saturated carbocycles. The van der Waals surface area contributed by atoms with E-state index in [1.807, 2.05) is 46.3 Å². The monoisotopic (exact) mass is 277 g/mol. The number of hydrogen-bond acceptors (Lipinski definition) is 3. The second-order valence-electron chi connectivity index (χ2n) is 5.49. The predicted molar refractivity (Wildman–Crippen MR) is 85.5 cm³/mol. The lowest BCUT2D eigenvalue weighted by molar-refractivity contribution is 0.0785. The Hall–Kier alpha value is -1.55. The molecule has 0 aromatic heterocycles. The van der Waals surface area contributed by atoms with Crippen molar-refractivity contribution >= 4 is 11.6 Å². The molecule has 1 rings (SSSR count). The molecule has 4 heteroatoms. The fourth-order valence-corrected chi connectivity index (χ4v) is 1.94. The predicted octanol–water partition coefficient (Wildman–Crippen LogP) is 2.45. The van der Waals surface area contributed by atoms with Gasteiger partial charge in [0, 0.05) is 37.9 Å². The molecule has 20 heavy (non-hydrogen) atoms. The van der Waals surface area contributed by atoms with Crippen LogP contribution in [-0.2, 0) is 0 Å². The third-order valence-corrected chi connectivity index (χ3v) is 3.27. The maximum atomic E-state index is 12.4. The summed E-state index contributed by atoms with van der Waals surface area (Å²) in [5.74, 6) is 0.0893. The van der Waals surface area contributed by atoms with Crippen molar-refractivity contribution < 1.29 is 4.79 Å². The second-order valence-corrected chi connectivity index (χ2v) is 5.49. The summed E-state index contributed by atoms with van der Waals surface area (Å²) in [4.78, 5) is 16.2. The first kappa shape index (κ1) is 16.5. The van der Waals surface area contributed by atoms with Gasteiger partial charge in [0.15, 0.2) is 0 Å². The van der Waals surface area contributed by atoms with Gasteiger partial charge < -0.3 is 15.1 Å². The second kappa shape index (κ2) is 7.90. The zero-order valence-electron chi connectivity index (χ0n) is 13.4. The van der Waals surface area contributed by atoms with Gasteiger partial charge >= 0.3 is 0 Å². The van der Waals surface area contributed by atoms with Crippen molar-refractivity contribution in [2.75, 3.05) is 46.1 Å². The van der Waals surface area contributed by atoms with E-state index >= 15 is 0 Å². The number of likely N-dealkylation sites (N-methyl/N-ethyl adjacent to an activating group) is 2. The number of hydrogen-bond donors (Lipinski definition) is 1. The molecule has 0 aliphatic rings. The summed E-state index contributed by atoms with van der Waals surface area (Å²) < 4.78 is 0. The number of aryl methyl sites for hydroxylation is 1. The van der Waals surface area contributed by atoms with E-state index in [0.29, 0.717) is 0 Å². The summed E-state index contributed by atoms with van der Waals surface area (Å²) in [6.45, 7) is 6.69. The summed E-state index contributed by atoms with van der Waals surface area (Å²) in [7, 11) is 5.88. The topological polar surface area (TPSA) is 35.6 Å². The first-order valence-corrected chi connectivity index (χ1v) is 7.20. The highest BCUT2D eigenvalue weighted by Crippen LogP contribution is 2.16. The molecule has 0 spiro atoms. The highest BCUT2D eigenvalue weighted by Gasteiger charge is 2.14. The standard InChI is InChI=1S/C16H27N3O/c1-6-9-17-14-7-8-15(13(2)12-14)16(20)19(5)11-10-18(3)4/h7-8,12,17H,6,9-11H2,1-5H3. The van der Waals surface area contributed by atoms with Crippen molar-refractivity contribution in [3.8, 4) is 0 Å². The Bertz CT molecular complexity index is 443. The summed E-state index contributed by atoms with van der Waals surface area (Å²) in [5, 5.41) is 3.34. The van der Waals surface area contributed by atoms with E-state index in [4.69, 9.17) is 0 Å². The number of nitrogens with zero attached hydrogens (tertiary/aromatic N) is 2. The number of rotatable bonds is 7. The van der Waals surface area contributed by atoms with E-state index in [9.17, 15) is 4.79 Å². The smallest absolute Gasteiger partial charge is 0.253 e. The molecule has 0 saturated heterocycles. The molecule has 0 aliphatic carbocycles. The van der Waals surface area contributed by atoms with Crippen LogP contribution in [0.25, 0.3) is 0 Å². The van der Waals surface area contributed by atoms with E-state index in [-0.39, 0.29) is 5.91 Å². The average molecular weight is 277 g/mol. The van der Waals surface area contributed by atoms with Crippen LogP contribution in [0.1, 0.15) is 29.3 Å². The van der Waals surface area contributed by atoms with Gasteiger partial charge in [0.05, 0.1) is 0 Å². The zero-order valence-corrected chi connectivity index (χ0v) is 13.4. The van der Waals surface area contributed by atoms with Gasteiger partial charge in [0.2, 0.25) is 0 Å². The average Bonchev–Trinajstić information content (AvgIpc) is 2.41. The number of anilines is 1. The molecule has 0 bridgehead atoms. The lowest BCUT2D eigenvalue weighted by Gasteiger charge is -2.21. The van der Waals surface area contributed by atoms with Crippen molar-refractivity contribution in [1.29, 1.82) is 0 Å². The molecule has 1 amide bonds. The minimum absolute atomic E-state index is 0.0893. The maximum absolute atomic E-state index is 12.4. The molecule has 0 fully saturated rings. The van der Waals surface area contributed by atoms with E-state index < -0.39 is 0 Å². The van der Waals surface area contributed by atoms with Gasteiger partial charge in [-0.15, -0.1) is 0 Å². The van der Waals surface area contributed by atoms with Gasteiger partial charge in [-0.2, -0.15) is 0 Å². The SMILES string of the molecule is CCCNc1ccc(C(=O)N(C)CCN(C)C)c(C)c1. The van der Waals surface area contributed by atoms with Crippen LogP contribution in [0.5, 0.6) is 0 Å². The number of benzene rings is 1. The molecular weight excluding hydrogens is 250 g/mol. The number of carbonyl (C=O) groups is 1. The summed E-state index contributed by atoms with van der Waals surface area (Å²) in [6, 6.07) is 5.94. The minimum atomic E-state index is 0.0893. The Morgan fingerprint density at radius 3 is 2.45 bits per heavy atom. The Balaban J connectivity index is 2.72. The molecule has 1 aromatic rings. The van der Waals surface area contributed by atoms with E-state index in [2.05, 4.69) is 17.1 Å². The quantitative estimate of drug-likeness (QED) is 0.831. The van der Waals surface area contributed by atoms with E-state index in [0.717, 1.165) is 42.9 Å². The molecule has 1 N–H and O–H groups in total. The number of carbonyl (C=O) groups excluding carboxylic acids is 1. The molecule has 4 nitrogen and oxygen atoms in total. The Morgan fingerprint density at radius 2 is 1.90 bits per heavy atom. The highest BCUT2D eigenvalue weighted by molar-refractivity contribution is 5.95. The fraction of sp³-hybridized carbons (Fsp3) is 0.562. The largest absolute Gasteiger partial charge is 0.385 e. The molecule has 0 radical (unpaired) electrons. The van der Waals surface area contributed by atoms with Crippen molar-refractivity contribution in [3.63, 3.8) is 0 Å². The lowest BCUT2D eigenvalue weighted by atomic mass is 10.1. The maximum Gasteiger partial charge on any atom is 0.253 e. The molecular formula is C16H27N3O.